The number of nitro groups is 1. The van der Waals surface area contributed by atoms with Gasteiger partial charge in [0.2, 0.25) is 0 Å². The summed E-state index contributed by atoms with van der Waals surface area (Å²) in [5.74, 6) is -2.26. The van der Waals surface area contributed by atoms with E-state index in [0.717, 1.165) is 24.5 Å². The van der Waals surface area contributed by atoms with Gasteiger partial charge in [0.05, 0.1) is 15.4 Å². The molecule has 122 valence electrons. The van der Waals surface area contributed by atoms with Crippen molar-refractivity contribution in [1.29, 1.82) is 0 Å². The molecule has 1 aliphatic rings. The summed E-state index contributed by atoms with van der Waals surface area (Å²) >= 11 is 5.07. The van der Waals surface area contributed by atoms with Gasteiger partial charge in [-0.2, -0.15) is 0 Å². The van der Waals surface area contributed by atoms with Crippen LogP contribution in [0.15, 0.2) is 23.1 Å². The van der Waals surface area contributed by atoms with Gasteiger partial charge in [-0.25, -0.2) is 8.42 Å². The molecule has 1 aliphatic carbocycles. The molecule has 1 saturated carbocycles. The second-order valence-electron chi connectivity index (χ2n) is 5.29. The van der Waals surface area contributed by atoms with Crippen LogP contribution in [0.3, 0.4) is 0 Å². The molecule has 1 fully saturated rings. The predicted octanol–water partition coefficient (Wildman–Crippen LogP) is 1.92. The summed E-state index contributed by atoms with van der Waals surface area (Å²) in [6.45, 7) is 0. The van der Waals surface area contributed by atoms with Crippen LogP contribution >= 0.6 is 12.2 Å². The molecule has 0 heterocycles. The first kappa shape index (κ1) is 17.4. The number of hydrogen-bond donors (Lipinski definition) is 0. The van der Waals surface area contributed by atoms with Crippen molar-refractivity contribution < 1.29 is 22.9 Å². The maximum Gasteiger partial charge on any atom is 0.281 e. The zero-order valence-electron chi connectivity index (χ0n) is 12.1. The molecule has 0 N–H and O–H groups in total. The summed E-state index contributed by atoms with van der Waals surface area (Å²) < 4.78 is 23.0. The quantitative estimate of drug-likeness (QED) is 0.267. The van der Waals surface area contributed by atoms with E-state index in [1.165, 1.54) is 0 Å². The third-order valence-electron chi connectivity index (χ3n) is 3.61. The Labute approximate surface area is 137 Å². The summed E-state index contributed by atoms with van der Waals surface area (Å²) in [5, 5.41) is 11.2. The van der Waals surface area contributed by atoms with E-state index < -0.39 is 32.1 Å². The number of sulfone groups is 1. The van der Waals surface area contributed by atoms with Crippen molar-refractivity contribution in [2.75, 3.05) is 6.26 Å². The highest BCUT2D eigenvalue weighted by Gasteiger charge is 2.37. The van der Waals surface area contributed by atoms with E-state index in [4.69, 9.17) is 12.2 Å². The lowest BCUT2D eigenvalue weighted by atomic mass is 9.82. The van der Waals surface area contributed by atoms with Crippen LogP contribution in [-0.4, -0.2) is 36.0 Å². The Morgan fingerprint density at radius 2 is 2.00 bits per heavy atom. The molecule has 1 aromatic carbocycles. The van der Waals surface area contributed by atoms with Crippen LogP contribution in [0.1, 0.15) is 29.6 Å². The number of nitro benzene ring substituents is 1. The third-order valence-corrected chi connectivity index (χ3v) is 5.16. The molecule has 23 heavy (non-hydrogen) atoms. The normalized spacial score (nSPS) is 18.7. The van der Waals surface area contributed by atoms with E-state index in [2.05, 4.69) is 0 Å². The topological polar surface area (TPSA) is 111 Å². The summed E-state index contributed by atoms with van der Waals surface area (Å²) in [5.41, 5.74) is -0.941. The van der Waals surface area contributed by atoms with Gasteiger partial charge in [0.25, 0.3) is 5.69 Å². The molecule has 0 saturated heterocycles. The van der Waals surface area contributed by atoms with E-state index in [0.29, 0.717) is 12.8 Å². The minimum atomic E-state index is -3.66. The molecule has 1 unspecified atom stereocenters. The lowest BCUT2D eigenvalue weighted by Crippen LogP contribution is -2.34. The fraction of sp³-hybridized carbons (Fsp3) is 0.357. The number of thiocarbonyl (C=S) groups is 1. The predicted molar refractivity (Wildman–Crippen MR) is 85.5 cm³/mol. The van der Waals surface area contributed by atoms with Crippen LogP contribution < -0.4 is 0 Å². The molecule has 1 aromatic rings. The number of ketones is 2. The lowest BCUT2D eigenvalue weighted by molar-refractivity contribution is -0.385. The van der Waals surface area contributed by atoms with Crippen LogP contribution in [0.5, 0.6) is 0 Å². The van der Waals surface area contributed by atoms with Gasteiger partial charge in [0.15, 0.2) is 15.6 Å². The molecule has 0 amide bonds. The van der Waals surface area contributed by atoms with Crippen molar-refractivity contribution in [1.82, 2.24) is 0 Å². The van der Waals surface area contributed by atoms with Crippen molar-refractivity contribution in [2.24, 2.45) is 5.92 Å². The smallest absolute Gasteiger partial charge is 0.281 e. The van der Waals surface area contributed by atoms with Crippen molar-refractivity contribution in [3.8, 4) is 0 Å². The Morgan fingerprint density at radius 3 is 2.52 bits per heavy atom. The van der Waals surface area contributed by atoms with E-state index in [-0.39, 0.29) is 27.5 Å². The number of rotatable bonds is 4. The number of carbonyl (C=O) groups excluding carboxylic acids is 2. The van der Waals surface area contributed by atoms with Crippen molar-refractivity contribution in [2.45, 2.75) is 24.2 Å². The molecular weight excluding hydrogens is 342 g/mol. The maximum atomic E-state index is 12.5. The molecule has 0 bridgehead atoms. The first-order chi connectivity index (χ1) is 10.6. The monoisotopic (exact) mass is 355 g/mol. The van der Waals surface area contributed by atoms with Crippen LogP contribution in [0.25, 0.3) is 0 Å². The summed E-state index contributed by atoms with van der Waals surface area (Å²) in [7, 11) is -3.66. The molecule has 0 aliphatic heterocycles. The zero-order chi connectivity index (χ0) is 17.4. The molecule has 7 nitrogen and oxygen atoms in total. The van der Waals surface area contributed by atoms with E-state index >= 15 is 0 Å². The largest absolute Gasteiger partial charge is 0.298 e. The van der Waals surface area contributed by atoms with Crippen molar-refractivity contribution in [3.05, 3.63) is 33.9 Å². The lowest BCUT2D eigenvalue weighted by Gasteiger charge is -2.20. The standard InChI is InChI=1S/C14H13NO6S2/c1-23(20,21)8-5-6-9(10(7-8)15(18)19)14(17)13-11(16)3-2-4-12(13)22/h5-7,13H,2-4H2,1H3. The Morgan fingerprint density at radius 1 is 1.35 bits per heavy atom. The molecular formula is C14H13NO6S2. The zero-order valence-corrected chi connectivity index (χ0v) is 13.8. The Bertz CT molecular complexity index is 812. The second kappa shape index (κ2) is 6.25. The van der Waals surface area contributed by atoms with Gasteiger partial charge in [-0.1, -0.05) is 12.2 Å². The second-order valence-corrected chi connectivity index (χ2v) is 7.83. The highest BCUT2D eigenvalue weighted by atomic mass is 32.2. The van der Waals surface area contributed by atoms with Crippen LogP contribution in [0, 0.1) is 16.0 Å². The third kappa shape index (κ3) is 3.50. The van der Waals surface area contributed by atoms with Crippen LogP contribution in [0.2, 0.25) is 0 Å². The number of nitrogens with zero attached hydrogens (tertiary/aromatic N) is 1. The summed E-state index contributed by atoms with van der Waals surface area (Å²) in [6, 6.07) is 3.02. The maximum absolute atomic E-state index is 12.5. The minimum Gasteiger partial charge on any atom is -0.298 e. The Balaban J connectivity index is 2.54. The van der Waals surface area contributed by atoms with Crippen LogP contribution in [0.4, 0.5) is 5.69 Å². The number of benzene rings is 1. The molecule has 0 radical (unpaired) electrons. The molecule has 0 aromatic heterocycles. The fourth-order valence-corrected chi connectivity index (χ4v) is 3.48. The van der Waals surface area contributed by atoms with Gasteiger partial charge in [-0.3, -0.25) is 19.7 Å². The highest BCUT2D eigenvalue weighted by molar-refractivity contribution is 7.90. The summed E-state index contributed by atoms with van der Waals surface area (Å²) in [6.07, 6.45) is 2.11. The van der Waals surface area contributed by atoms with Crippen LogP contribution in [-0.2, 0) is 14.6 Å². The van der Waals surface area contributed by atoms with Gasteiger partial charge in [-0.15, -0.1) is 0 Å². The number of hydrogen-bond acceptors (Lipinski definition) is 7. The molecule has 2 rings (SSSR count). The Kier molecular flexibility index (Phi) is 4.71. The van der Waals surface area contributed by atoms with Gasteiger partial charge in [0, 0.05) is 23.6 Å². The summed E-state index contributed by atoms with van der Waals surface area (Å²) in [4.78, 5) is 34.9. The number of carbonyl (C=O) groups is 2. The average molecular weight is 355 g/mol. The van der Waals surface area contributed by atoms with E-state index in [9.17, 15) is 28.1 Å². The van der Waals surface area contributed by atoms with E-state index in [1.807, 2.05) is 0 Å². The first-order valence-corrected chi connectivity index (χ1v) is 9.01. The van der Waals surface area contributed by atoms with E-state index in [1.54, 1.807) is 0 Å². The van der Waals surface area contributed by atoms with Gasteiger partial charge < -0.3 is 0 Å². The average Bonchev–Trinajstić information content (AvgIpc) is 2.45. The fourth-order valence-electron chi connectivity index (χ4n) is 2.45. The highest BCUT2D eigenvalue weighted by Crippen LogP contribution is 2.29. The number of Topliss-reactive ketones (excluding diaryl/α,β-unsaturated/α-hetero) is 2. The van der Waals surface area contributed by atoms with Gasteiger partial charge in [0.1, 0.15) is 11.7 Å². The molecule has 1 atom stereocenters. The first-order valence-electron chi connectivity index (χ1n) is 6.71. The minimum absolute atomic E-state index is 0.200. The van der Waals surface area contributed by atoms with Crippen molar-refractivity contribution >= 4 is 44.2 Å². The van der Waals surface area contributed by atoms with Crippen molar-refractivity contribution in [3.63, 3.8) is 0 Å². The molecule has 9 heteroatoms. The molecule has 0 spiro atoms. The SMILES string of the molecule is CS(=O)(=O)c1ccc(C(=O)C2C(=O)CCCC2=S)c([N+](=O)[O-])c1. The Hall–Kier alpha value is -2.00. The van der Waals surface area contributed by atoms with Gasteiger partial charge >= 0.3 is 0 Å². The van der Waals surface area contributed by atoms with Gasteiger partial charge in [-0.05, 0) is 25.0 Å².